The quantitative estimate of drug-likeness (QED) is 0.571. The number of halogens is 1. The Balaban J connectivity index is 2.52. The van der Waals surface area contributed by atoms with E-state index in [1.807, 2.05) is 31.3 Å². The Labute approximate surface area is 117 Å². The van der Waals surface area contributed by atoms with Gasteiger partial charge in [0.1, 0.15) is 5.75 Å². The van der Waals surface area contributed by atoms with Gasteiger partial charge in [0, 0.05) is 30.9 Å². The molecule has 0 atom stereocenters. The third-order valence-corrected chi connectivity index (χ3v) is 3.36. The van der Waals surface area contributed by atoms with Crippen LogP contribution in [0, 0.1) is 0 Å². The van der Waals surface area contributed by atoms with Crippen molar-refractivity contribution in [2.75, 3.05) is 19.5 Å². The number of rotatable bonds is 7. The minimum atomic E-state index is 0.182. The van der Waals surface area contributed by atoms with Gasteiger partial charge in [0.15, 0.2) is 0 Å². The fraction of sp³-hybridized carbons (Fsp3) is 0.500. The molecule has 0 unspecified atom stereocenters. The molecule has 3 nitrogen and oxygen atoms in total. The molecule has 0 aliphatic rings. The lowest BCUT2D eigenvalue weighted by atomic mass is 10.1. The molecule has 0 saturated heterocycles. The smallest absolute Gasteiger partial charge is 0.222 e. The van der Waals surface area contributed by atoms with Crippen LogP contribution in [-0.4, -0.2) is 30.3 Å². The number of alkyl halides is 1. The molecule has 0 radical (unpaired) electrons. The first-order valence-corrected chi connectivity index (χ1v) is 7.23. The number of para-hydroxylation sites is 1. The number of carbonyl (C=O) groups is 1. The first kappa shape index (κ1) is 15.0. The molecular formula is C14H20BrNO2. The van der Waals surface area contributed by atoms with Crippen LogP contribution in [0.1, 0.15) is 24.8 Å². The van der Waals surface area contributed by atoms with Gasteiger partial charge in [0.25, 0.3) is 0 Å². The monoisotopic (exact) mass is 313 g/mol. The number of ether oxygens (including phenoxy) is 1. The van der Waals surface area contributed by atoms with Crippen LogP contribution in [0.15, 0.2) is 24.3 Å². The second-order valence-electron chi connectivity index (χ2n) is 4.21. The van der Waals surface area contributed by atoms with E-state index < -0.39 is 0 Å². The minimum absolute atomic E-state index is 0.182. The summed E-state index contributed by atoms with van der Waals surface area (Å²) < 4.78 is 5.28. The summed E-state index contributed by atoms with van der Waals surface area (Å²) in [6, 6.07) is 7.79. The van der Waals surface area contributed by atoms with E-state index >= 15 is 0 Å². The van der Waals surface area contributed by atoms with Crippen LogP contribution in [0.25, 0.3) is 0 Å². The molecule has 100 valence electrons. The Morgan fingerprint density at radius 3 is 2.72 bits per heavy atom. The van der Waals surface area contributed by atoms with Crippen molar-refractivity contribution in [3.05, 3.63) is 29.8 Å². The second kappa shape index (κ2) is 8.14. The molecule has 0 aliphatic carbocycles. The van der Waals surface area contributed by atoms with Gasteiger partial charge in [0.2, 0.25) is 5.91 Å². The zero-order chi connectivity index (χ0) is 13.4. The van der Waals surface area contributed by atoms with E-state index in [-0.39, 0.29) is 5.91 Å². The molecule has 4 heteroatoms. The van der Waals surface area contributed by atoms with Gasteiger partial charge < -0.3 is 9.64 Å². The minimum Gasteiger partial charge on any atom is -0.496 e. The lowest BCUT2D eigenvalue weighted by molar-refractivity contribution is -0.130. The van der Waals surface area contributed by atoms with Crippen LogP contribution < -0.4 is 4.74 Å². The number of carbonyl (C=O) groups excluding carboxylic acids is 1. The van der Waals surface area contributed by atoms with E-state index in [1.165, 1.54) is 0 Å². The van der Waals surface area contributed by atoms with E-state index in [0.717, 1.165) is 29.5 Å². The largest absolute Gasteiger partial charge is 0.496 e. The normalized spacial score (nSPS) is 10.2. The van der Waals surface area contributed by atoms with Crippen molar-refractivity contribution in [2.24, 2.45) is 0 Å². The van der Waals surface area contributed by atoms with Crippen LogP contribution in [0.5, 0.6) is 5.75 Å². The summed E-state index contributed by atoms with van der Waals surface area (Å²) in [7, 11) is 3.49. The SMILES string of the molecule is COc1ccccc1CN(C)C(=O)CCCCBr. The molecular weight excluding hydrogens is 294 g/mol. The first-order valence-electron chi connectivity index (χ1n) is 6.11. The molecule has 0 aromatic heterocycles. The van der Waals surface area contributed by atoms with E-state index in [9.17, 15) is 4.79 Å². The van der Waals surface area contributed by atoms with Crippen molar-refractivity contribution in [1.29, 1.82) is 0 Å². The first-order chi connectivity index (χ1) is 8.69. The van der Waals surface area contributed by atoms with E-state index in [0.29, 0.717) is 13.0 Å². The molecule has 0 fully saturated rings. The predicted octanol–water partition coefficient (Wildman–Crippen LogP) is 3.22. The Morgan fingerprint density at radius 2 is 2.06 bits per heavy atom. The maximum atomic E-state index is 11.9. The summed E-state index contributed by atoms with van der Waals surface area (Å²) in [6.07, 6.45) is 2.58. The highest BCUT2D eigenvalue weighted by molar-refractivity contribution is 9.09. The van der Waals surface area contributed by atoms with Crippen molar-refractivity contribution in [3.8, 4) is 5.75 Å². The van der Waals surface area contributed by atoms with Crippen LogP contribution in [0.4, 0.5) is 0 Å². The average Bonchev–Trinajstić information content (AvgIpc) is 2.39. The van der Waals surface area contributed by atoms with Gasteiger partial charge in [-0.2, -0.15) is 0 Å². The summed E-state index contributed by atoms with van der Waals surface area (Å²) in [5.74, 6) is 1.01. The van der Waals surface area contributed by atoms with E-state index in [4.69, 9.17) is 4.74 Å². The lowest BCUT2D eigenvalue weighted by Crippen LogP contribution is -2.26. The van der Waals surface area contributed by atoms with Gasteiger partial charge in [-0.1, -0.05) is 34.1 Å². The molecule has 1 aromatic rings. The van der Waals surface area contributed by atoms with Crippen LogP contribution in [-0.2, 0) is 11.3 Å². The van der Waals surface area contributed by atoms with Gasteiger partial charge in [0.05, 0.1) is 7.11 Å². The highest BCUT2D eigenvalue weighted by Crippen LogP contribution is 2.19. The average molecular weight is 314 g/mol. The maximum Gasteiger partial charge on any atom is 0.222 e. The standard InChI is InChI=1S/C14H20BrNO2/c1-16(14(17)9-5-6-10-15)11-12-7-3-4-8-13(12)18-2/h3-4,7-8H,5-6,9-11H2,1-2H3. The number of hydrogen-bond donors (Lipinski definition) is 0. The topological polar surface area (TPSA) is 29.5 Å². The molecule has 0 bridgehead atoms. The van der Waals surface area contributed by atoms with Crippen molar-refractivity contribution in [1.82, 2.24) is 4.90 Å². The number of benzene rings is 1. The Hall–Kier alpha value is -1.03. The van der Waals surface area contributed by atoms with E-state index in [2.05, 4.69) is 15.9 Å². The maximum absolute atomic E-state index is 11.9. The van der Waals surface area contributed by atoms with E-state index in [1.54, 1.807) is 12.0 Å². The molecule has 0 N–H and O–H groups in total. The molecule has 0 spiro atoms. The molecule has 1 rings (SSSR count). The van der Waals surface area contributed by atoms with Gasteiger partial charge in [-0.3, -0.25) is 4.79 Å². The number of unbranched alkanes of at least 4 members (excludes halogenated alkanes) is 1. The van der Waals surface area contributed by atoms with Gasteiger partial charge in [-0.15, -0.1) is 0 Å². The summed E-state index contributed by atoms with van der Waals surface area (Å²) >= 11 is 3.37. The fourth-order valence-corrected chi connectivity index (χ4v) is 2.14. The Morgan fingerprint density at radius 1 is 1.33 bits per heavy atom. The van der Waals surface area contributed by atoms with Crippen LogP contribution >= 0.6 is 15.9 Å². The summed E-state index contributed by atoms with van der Waals surface area (Å²) in [6.45, 7) is 0.594. The summed E-state index contributed by atoms with van der Waals surface area (Å²) in [5, 5.41) is 0.955. The molecule has 1 amide bonds. The summed E-state index contributed by atoms with van der Waals surface area (Å²) in [4.78, 5) is 13.6. The van der Waals surface area contributed by atoms with Gasteiger partial charge in [-0.05, 0) is 18.9 Å². The van der Waals surface area contributed by atoms with Crippen molar-refractivity contribution < 1.29 is 9.53 Å². The lowest BCUT2D eigenvalue weighted by Gasteiger charge is -2.18. The highest BCUT2D eigenvalue weighted by atomic mass is 79.9. The Kier molecular flexibility index (Phi) is 6.80. The van der Waals surface area contributed by atoms with Crippen LogP contribution in [0.2, 0.25) is 0 Å². The number of amides is 1. The third kappa shape index (κ3) is 4.69. The number of hydrogen-bond acceptors (Lipinski definition) is 2. The molecule has 0 aliphatic heterocycles. The van der Waals surface area contributed by atoms with Gasteiger partial charge >= 0.3 is 0 Å². The zero-order valence-electron chi connectivity index (χ0n) is 11.0. The number of methoxy groups -OCH3 is 1. The Bertz CT molecular complexity index is 382. The molecule has 0 saturated carbocycles. The van der Waals surface area contributed by atoms with Crippen molar-refractivity contribution in [2.45, 2.75) is 25.8 Å². The van der Waals surface area contributed by atoms with Crippen molar-refractivity contribution in [3.63, 3.8) is 0 Å². The number of nitrogens with zero attached hydrogens (tertiary/aromatic N) is 1. The predicted molar refractivity (Wildman–Crippen MR) is 77.1 cm³/mol. The highest BCUT2D eigenvalue weighted by Gasteiger charge is 2.11. The molecule has 1 aromatic carbocycles. The van der Waals surface area contributed by atoms with Crippen molar-refractivity contribution >= 4 is 21.8 Å². The zero-order valence-corrected chi connectivity index (χ0v) is 12.6. The van der Waals surface area contributed by atoms with Crippen LogP contribution in [0.3, 0.4) is 0 Å². The third-order valence-electron chi connectivity index (χ3n) is 2.80. The van der Waals surface area contributed by atoms with Gasteiger partial charge in [-0.25, -0.2) is 0 Å². The fourth-order valence-electron chi connectivity index (χ4n) is 1.74. The molecule has 0 heterocycles. The second-order valence-corrected chi connectivity index (χ2v) is 5.00. The molecule has 18 heavy (non-hydrogen) atoms. The summed E-state index contributed by atoms with van der Waals surface area (Å²) in [5.41, 5.74) is 1.04.